The number of rotatable bonds is 3. The number of aliphatic imine (C=N–C) groups is 1. The van der Waals surface area contributed by atoms with Gasteiger partial charge < -0.3 is 19.5 Å². The van der Waals surface area contributed by atoms with Gasteiger partial charge >= 0.3 is 11.8 Å². The summed E-state index contributed by atoms with van der Waals surface area (Å²) in [6, 6.07) is 1.67. The van der Waals surface area contributed by atoms with Crippen molar-refractivity contribution in [2.24, 2.45) is 4.99 Å². The van der Waals surface area contributed by atoms with Gasteiger partial charge in [-0.3, -0.25) is 4.57 Å². The largest absolute Gasteiger partial charge is 0.444 e. The molecule has 1 N–H and O–H groups in total. The summed E-state index contributed by atoms with van der Waals surface area (Å²) < 4.78 is 7.20. The molecule has 1 fully saturated rings. The molecular formula is C19H28N6O3. The maximum absolute atomic E-state index is 12.7. The Labute approximate surface area is 164 Å². The van der Waals surface area contributed by atoms with Crippen LogP contribution >= 0.6 is 0 Å². The average molecular weight is 388 g/mol. The molecule has 0 aromatic carbocycles. The summed E-state index contributed by atoms with van der Waals surface area (Å²) in [5, 5.41) is 0. The molecule has 0 radical (unpaired) electrons. The van der Waals surface area contributed by atoms with Crippen LogP contribution in [0.3, 0.4) is 0 Å². The molecule has 9 heteroatoms. The van der Waals surface area contributed by atoms with Crippen molar-refractivity contribution in [2.45, 2.75) is 45.3 Å². The molecule has 0 aliphatic carbocycles. The number of ether oxygens (including phenoxy) is 1. The van der Waals surface area contributed by atoms with E-state index in [0.717, 1.165) is 18.4 Å². The summed E-state index contributed by atoms with van der Waals surface area (Å²) >= 11 is 0. The molecular weight excluding hydrogens is 360 g/mol. The molecule has 1 unspecified atom stereocenters. The molecule has 3 rings (SSSR count). The Kier molecular flexibility index (Phi) is 5.44. The summed E-state index contributed by atoms with van der Waals surface area (Å²) in [6.45, 7) is 6.60. The van der Waals surface area contributed by atoms with E-state index < -0.39 is 5.60 Å². The highest BCUT2D eigenvalue weighted by Crippen LogP contribution is 2.27. The van der Waals surface area contributed by atoms with Crippen LogP contribution < -0.4 is 5.69 Å². The number of nitrogens with zero attached hydrogens (tertiary/aromatic N) is 5. The van der Waals surface area contributed by atoms with Gasteiger partial charge in [0, 0.05) is 33.4 Å². The van der Waals surface area contributed by atoms with Crippen LogP contribution in [0.2, 0.25) is 0 Å². The molecule has 28 heavy (non-hydrogen) atoms. The normalized spacial score (nSPS) is 18.0. The van der Waals surface area contributed by atoms with Gasteiger partial charge in [-0.1, -0.05) is 0 Å². The minimum Gasteiger partial charge on any atom is -0.444 e. The number of hydrogen-bond acceptors (Lipinski definition) is 5. The van der Waals surface area contributed by atoms with E-state index in [2.05, 4.69) is 15.0 Å². The van der Waals surface area contributed by atoms with Gasteiger partial charge in [0.2, 0.25) is 0 Å². The Hall–Kier alpha value is -2.84. The Morgan fingerprint density at radius 2 is 2.18 bits per heavy atom. The number of amides is 1. The molecule has 0 bridgehead atoms. The molecule has 2 aromatic heterocycles. The maximum atomic E-state index is 12.7. The van der Waals surface area contributed by atoms with Crippen molar-refractivity contribution in [3.63, 3.8) is 0 Å². The third-order valence-electron chi connectivity index (χ3n) is 4.44. The van der Waals surface area contributed by atoms with Crippen molar-refractivity contribution >= 4 is 29.3 Å². The van der Waals surface area contributed by atoms with Gasteiger partial charge in [0.1, 0.15) is 11.1 Å². The number of likely N-dealkylation sites (tertiary alicyclic amines) is 1. The summed E-state index contributed by atoms with van der Waals surface area (Å²) in [7, 11) is 3.73. The lowest BCUT2D eigenvalue weighted by molar-refractivity contribution is 0.0173. The molecule has 0 spiro atoms. The molecule has 0 saturated carbocycles. The van der Waals surface area contributed by atoms with Gasteiger partial charge in [-0.25, -0.2) is 19.6 Å². The topological polar surface area (TPSA) is 95.8 Å². The number of imidazole rings is 1. The number of hydrogen-bond donors (Lipinski definition) is 1. The third-order valence-corrected chi connectivity index (χ3v) is 4.44. The Bertz CT molecular complexity index is 937. The lowest BCUT2D eigenvalue weighted by Crippen LogP contribution is -2.44. The molecule has 2 aromatic rings. The first-order valence-electron chi connectivity index (χ1n) is 9.43. The molecule has 1 atom stereocenters. The van der Waals surface area contributed by atoms with E-state index in [1.807, 2.05) is 34.9 Å². The van der Waals surface area contributed by atoms with Crippen LogP contribution in [-0.2, 0) is 4.74 Å². The van der Waals surface area contributed by atoms with Crippen molar-refractivity contribution in [2.75, 3.05) is 27.2 Å². The van der Waals surface area contributed by atoms with Gasteiger partial charge in [-0.05, 0) is 39.7 Å². The highest BCUT2D eigenvalue weighted by Gasteiger charge is 2.30. The first-order valence-corrected chi connectivity index (χ1v) is 9.43. The number of carbonyl (C=O) groups excluding carboxylic acids is 1. The predicted molar refractivity (Wildman–Crippen MR) is 108 cm³/mol. The fourth-order valence-corrected chi connectivity index (χ4v) is 3.33. The number of fused-ring (bicyclic) bond motifs is 1. The number of H-pyrrole nitrogens is 1. The quantitative estimate of drug-likeness (QED) is 0.644. The van der Waals surface area contributed by atoms with Gasteiger partial charge in [0.05, 0.1) is 17.9 Å². The molecule has 1 amide bonds. The lowest BCUT2D eigenvalue weighted by Gasteiger charge is -2.34. The van der Waals surface area contributed by atoms with Crippen molar-refractivity contribution in [1.82, 2.24) is 24.3 Å². The number of aromatic nitrogens is 3. The van der Waals surface area contributed by atoms with Crippen LogP contribution in [0.25, 0.3) is 11.0 Å². The molecule has 1 saturated heterocycles. The Morgan fingerprint density at radius 1 is 1.43 bits per heavy atom. The van der Waals surface area contributed by atoms with Gasteiger partial charge in [-0.2, -0.15) is 0 Å². The minimum atomic E-state index is -0.549. The van der Waals surface area contributed by atoms with E-state index in [4.69, 9.17) is 4.74 Å². The van der Waals surface area contributed by atoms with E-state index in [1.54, 1.807) is 33.0 Å². The monoisotopic (exact) mass is 388 g/mol. The highest BCUT2D eigenvalue weighted by atomic mass is 16.6. The van der Waals surface area contributed by atoms with E-state index in [1.165, 1.54) is 0 Å². The predicted octanol–water partition coefficient (Wildman–Crippen LogP) is 2.52. The zero-order valence-electron chi connectivity index (χ0n) is 17.1. The van der Waals surface area contributed by atoms with Crippen molar-refractivity contribution in [3.8, 4) is 0 Å². The second kappa shape index (κ2) is 7.65. The molecule has 3 heterocycles. The third kappa shape index (κ3) is 4.35. The standard InChI is InChI=1S/C19H28N6O3/c1-19(2,3)28-18(27)24-10-6-7-13(11-24)25-14-8-9-20-16(21-12-23(4)5)15(14)22-17(25)26/h8-9,12-13H,6-7,10-11H2,1-5H3,(H,22,26). The smallest absolute Gasteiger partial charge is 0.410 e. The zero-order chi connectivity index (χ0) is 20.5. The van der Waals surface area contributed by atoms with Crippen LogP contribution in [0, 0.1) is 0 Å². The van der Waals surface area contributed by atoms with E-state index in [0.29, 0.717) is 24.4 Å². The van der Waals surface area contributed by atoms with Crippen LogP contribution in [0.5, 0.6) is 0 Å². The van der Waals surface area contributed by atoms with Crippen molar-refractivity contribution in [3.05, 3.63) is 22.7 Å². The van der Waals surface area contributed by atoms with Crippen LogP contribution in [0.1, 0.15) is 39.7 Å². The molecule has 1 aliphatic heterocycles. The van der Waals surface area contributed by atoms with E-state index in [9.17, 15) is 9.59 Å². The maximum Gasteiger partial charge on any atom is 0.410 e. The summed E-state index contributed by atoms with van der Waals surface area (Å²) in [6.07, 6.45) is 4.55. The van der Waals surface area contributed by atoms with Gasteiger partial charge in [0.15, 0.2) is 5.82 Å². The van der Waals surface area contributed by atoms with E-state index in [-0.39, 0.29) is 17.8 Å². The second-order valence-corrected chi connectivity index (χ2v) is 8.26. The summed E-state index contributed by atoms with van der Waals surface area (Å²) in [5.74, 6) is 0.460. The summed E-state index contributed by atoms with van der Waals surface area (Å²) in [5.41, 5.74) is 0.564. The molecule has 1 aliphatic rings. The van der Waals surface area contributed by atoms with E-state index >= 15 is 0 Å². The first kappa shape index (κ1) is 19.9. The number of piperidine rings is 1. The zero-order valence-corrected chi connectivity index (χ0v) is 17.1. The Morgan fingerprint density at radius 3 is 2.86 bits per heavy atom. The van der Waals surface area contributed by atoms with Crippen molar-refractivity contribution in [1.29, 1.82) is 0 Å². The number of carbonyl (C=O) groups is 1. The van der Waals surface area contributed by atoms with Gasteiger partial charge in [-0.15, -0.1) is 0 Å². The number of aromatic amines is 1. The molecule has 152 valence electrons. The average Bonchev–Trinajstić information content (AvgIpc) is 2.95. The molecule has 9 nitrogen and oxygen atoms in total. The van der Waals surface area contributed by atoms with Crippen LogP contribution in [0.4, 0.5) is 10.6 Å². The van der Waals surface area contributed by atoms with Crippen LogP contribution in [0.15, 0.2) is 22.1 Å². The van der Waals surface area contributed by atoms with Crippen molar-refractivity contribution < 1.29 is 9.53 Å². The van der Waals surface area contributed by atoms with Crippen LogP contribution in [-0.4, -0.2) is 69.6 Å². The minimum absolute atomic E-state index is 0.129. The highest BCUT2D eigenvalue weighted by molar-refractivity contribution is 5.86. The lowest BCUT2D eigenvalue weighted by atomic mass is 10.1. The second-order valence-electron chi connectivity index (χ2n) is 8.26. The number of pyridine rings is 1. The summed E-state index contributed by atoms with van der Waals surface area (Å²) in [4.78, 5) is 40.1. The number of nitrogens with one attached hydrogen (secondary N) is 1. The Balaban J connectivity index is 1.91. The van der Waals surface area contributed by atoms with Gasteiger partial charge in [0.25, 0.3) is 0 Å². The fourth-order valence-electron chi connectivity index (χ4n) is 3.33. The SMILES string of the molecule is CN(C)C=Nc1nccc2c1[nH]c(=O)n2C1CCCN(C(=O)OC(C)(C)C)C1. The first-order chi connectivity index (χ1) is 13.2. The fraction of sp³-hybridized carbons (Fsp3) is 0.579.